The van der Waals surface area contributed by atoms with Crippen molar-refractivity contribution < 1.29 is 9.59 Å². The number of hydrogen-bond donors (Lipinski definition) is 2. The zero-order chi connectivity index (χ0) is 22.8. The zero-order valence-electron chi connectivity index (χ0n) is 19.4. The van der Waals surface area contributed by atoms with Crippen LogP contribution in [0.3, 0.4) is 0 Å². The maximum Gasteiger partial charge on any atom is 0.255 e. The minimum Gasteiger partial charge on any atom is -0.325 e. The fourth-order valence-electron chi connectivity index (χ4n) is 4.92. The third-order valence-corrected chi connectivity index (χ3v) is 6.64. The lowest BCUT2D eigenvalue weighted by Crippen LogP contribution is -2.29. The van der Waals surface area contributed by atoms with Crippen LogP contribution in [0.5, 0.6) is 0 Å². The monoisotopic (exact) mass is 475 g/mol. The summed E-state index contributed by atoms with van der Waals surface area (Å²) in [6, 6.07) is 20.2. The number of amides is 2. The van der Waals surface area contributed by atoms with E-state index in [1.807, 2.05) is 37.3 Å². The predicted molar refractivity (Wildman–Crippen MR) is 140 cm³/mol. The van der Waals surface area contributed by atoms with Gasteiger partial charge in [-0.3, -0.25) is 14.5 Å². The van der Waals surface area contributed by atoms with Crippen LogP contribution in [0.1, 0.15) is 46.3 Å². The molecule has 1 fully saturated rings. The van der Waals surface area contributed by atoms with Crippen LogP contribution in [0.15, 0.2) is 60.7 Å². The molecule has 0 bridgehead atoms. The molecule has 0 atom stereocenters. The van der Waals surface area contributed by atoms with Crippen LogP contribution >= 0.6 is 12.4 Å². The van der Waals surface area contributed by atoms with Crippen molar-refractivity contribution in [2.24, 2.45) is 0 Å². The third-order valence-electron chi connectivity index (χ3n) is 6.64. The molecule has 0 unspecified atom stereocenters. The summed E-state index contributed by atoms with van der Waals surface area (Å²) in [6.07, 6.45) is 4.16. The molecule has 0 aromatic heterocycles. The van der Waals surface area contributed by atoms with Crippen LogP contribution in [0, 0.1) is 6.92 Å². The lowest BCUT2D eigenvalue weighted by atomic mass is 9.96. The number of benzene rings is 3. The van der Waals surface area contributed by atoms with E-state index in [1.165, 1.54) is 36.0 Å². The fraction of sp³-hybridized carbons (Fsp3) is 0.286. The van der Waals surface area contributed by atoms with E-state index < -0.39 is 0 Å². The first-order chi connectivity index (χ1) is 16.1. The van der Waals surface area contributed by atoms with Crippen molar-refractivity contribution in [2.75, 3.05) is 23.7 Å². The van der Waals surface area contributed by atoms with Gasteiger partial charge in [0.2, 0.25) is 5.91 Å². The van der Waals surface area contributed by atoms with E-state index in [-0.39, 0.29) is 24.2 Å². The molecule has 2 amide bonds. The minimum absolute atomic E-state index is 0. The molecule has 0 aliphatic carbocycles. The Morgan fingerprint density at radius 3 is 2.53 bits per heavy atom. The zero-order valence-corrected chi connectivity index (χ0v) is 20.2. The summed E-state index contributed by atoms with van der Waals surface area (Å²) in [7, 11) is 0. The Morgan fingerprint density at radius 2 is 1.76 bits per heavy atom. The lowest BCUT2D eigenvalue weighted by Gasteiger charge is -2.27. The van der Waals surface area contributed by atoms with Crippen LogP contribution in [0.2, 0.25) is 0 Å². The number of likely N-dealkylation sites (tertiary alicyclic amines) is 1. The van der Waals surface area contributed by atoms with Gasteiger partial charge in [-0.25, -0.2) is 0 Å². The number of aryl methyl sites for hydroxylation is 1. The minimum atomic E-state index is -0.141. The van der Waals surface area contributed by atoms with Crippen molar-refractivity contribution in [1.82, 2.24) is 4.90 Å². The van der Waals surface area contributed by atoms with Crippen LogP contribution in [-0.2, 0) is 17.8 Å². The van der Waals surface area contributed by atoms with Gasteiger partial charge < -0.3 is 10.6 Å². The molecule has 0 saturated carbocycles. The molecule has 6 heteroatoms. The number of nitrogens with zero attached hydrogens (tertiary/aromatic N) is 1. The van der Waals surface area contributed by atoms with Crippen molar-refractivity contribution in [3.05, 3.63) is 82.9 Å². The van der Waals surface area contributed by atoms with Gasteiger partial charge in [-0.1, -0.05) is 42.8 Å². The van der Waals surface area contributed by atoms with E-state index in [0.29, 0.717) is 17.7 Å². The Balaban J connectivity index is 0.00000274. The number of piperidine rings is 1. The molecule has 0 spiro atoms. The van der Waals surface area contributed by atoms with Gasteiger partial charge in [-0.2, -0.15) is 0 Å². The highest BCUT2D eigenvalue weighted by molar-refractivity contribution is 6.06. The number of anilines is 2. The third kappa shape index (κ3) is 5.16. The van der Waals surface area contributed by atoms with Crippen LogP contribution in [0.25, 0.3) is 11.1 Å². The summed E-state index contributed by atoms with van der Waals surface area (Å²) in [5.41, 5.74) is 7.66. The number of rotatable bonds is 5. The van der Waals surface area contributed by atoms with Crippen molar-refractivity contribution >= 4 is 35.6 Å². The molecule has 2 aliphatic rings. The fourth-order valence-corrected chi connectivity index (χ4v) is 4.92. The van der Waals surface area contributed by atoms with Gasteiger partial charge in [-0.05, 0) is 84.9 Å². The Kier molecular flexibility index (Phi) is 7.35. The Morgan fingerprint density at radius 1 is 1.00 bits per heavy atom. The number of nitrogens with one attached hydrogen (secondary N) is 2. The van der Waals surface area contributed by atoms with Gasteiger partial charge in [0.25, 0.3) is 5.91 Å². The summed E-state index contributed by atoms with van der Waals surface area (Å²) in [5.74, 6) is -0.145. The molecule has 34 heavy (non-hydrogen) atoms. The highest BCUT2D eigenvalue weighted by atomic mass is 35.5. The smallest absolute Gasteiger partial charge is 0.255 e. The molecule has 2 heterocycles. The van der Waals surface area contributed by atoms with E-state index in [9.17, 15) is 9.59 Å². The second kappa shape index (κ2) is 10.4. The summed E-state index contributed by atoms with van der Waals surface area (Å²) in [6.45, 7) is 5.02. The standard InChI is InChI=1S/C28H29N3O2.ClH/c1-19-14-23(16-26-25(19)17-27(32)30-26)29-28(33)21-10-11-24(20-8-4-2-5-9-20)22(15-21)18-31-12-6-3-7-13-31;/h2,4-5,8-11,14-16H,3,6-7,12-13,17-18H2,1H3,(H,29,33)(H,30,32);1H. The molecular weight excluding hydrogens is 446 g/mol. The summed E-state index contributed by atoms with van der Waals surface area (Å²) < 4.78 is 0. The van der Waals surface area contributed by atoms with Gasteiger partial charge >= 0.3 is 0 Å². The number of carbonyl (C=O) groups is 2. The summed E-state index contributed by atoms with van der Waals surface area (Å²) >= 11 is 0. The van der Waals surface area contributed by atoms with Crippen LogP contribution < -0.4 is 10.6 Å². The first-order valence-electron chi connectivity index (χ1n) is 11.7. The first-order valence-corrected chi connectivity index (χ1v) is 11.7. The maximum atomic E-state index is 13.2. The molecule has 2 aliphatic heterocycles. The lowest BCUT2D eigenvalue weighted by molar-refractivity contribution is -0.115. The van der Waals surface area contributed by atoms with Crippen molar-refractivity contribution in [3.63, 3.8) is 0 Å². The van der Waals surface area contributed by atoms with Gasteiger partial charge in [0.15, 0.2) is 0 Å². The Bertz CT molecular complexity index is 1200. The van der Waals surface area contributed by atoms with E-state index in [4.69, 9.17) is 0 Å². The van der Waals surface area contributed by atoms with Crippen LogP contribution in [0.4, 0.5) is 11.4 Å². The van der Waals surface area contributed by atoms with Gasteiger partial charge in [0, 0.05) is 23.5 Å². The van der Waals surface area contributed by atoms with Crippen LogP contribution in [-0.4, -0.2) is 29.8 Å². The first kappa shape index (κ1) is 24.0. The molecular formula is C28H30ClN3O2. The second-order valence-corrected chi connectivity index (χ2v) is 9.07. The van der Waals surface area contributed by atoms with E-state index in [2.05, 4.69) is 45.9 Å². The summed E-state index contributed by atoms with van der Waals surface area (Å²) in [4.78, 5) is 27.4. The van der Waals surface area contributed by atoms with Gasteiger partial charge in [0.1, 0.15) is 0 Å². The topological polar surface area (TPSA) is 61.4 Å². The quantitative estimate of drug-likeness (QED) is 0.489. The van der Waals surface area contributed by atoms with Crippen molar-refractivity contribution in [2.45, 2.75) is 39.2 Å². The SMILES string of the molecule is Cc1cc(NC(=O)c2ccc(-c3ccccc3)c(CN3CCCCC3)c2)cc2c1CC(=O)N2.Cl. The Hall–Kier alpha value is -3.15. The number of halogens is 1. The molecule has 3 aromatic carbocycles. The summed E-state index contributed by atoms with van der Waals surface area (Å²) in [5, 5.41) is 5.91. The number of fused-ring (bicyclic) bond motifs is 1. The molecule has 2 N–H and O–H groups in total. The van der Waals surface area contributed by atoms with Gasteiger partial charge in [0.05, 0.1) is 6.42 Å². The molecule has 1 saturated heterocycles. The van der Waals surface area contributed by atoms with E-state index >= 15 is 0 Å². The Labute approximate surface area is 207 Å². The molecule has 176 valence electrons. The number of hydrogen-bond acceptors (Lipinski definition) is 3. The van der Waals surface area contributed by atoms with E-state index in [0.717, 1.165) is 36.4 Å². The molecule has 3 aromatic rings. The second-order valence-electron chi connectivity index (χ2n) is 9.07. The number of carbonyl (C=O) groups excluding carboxylic acids is 2. The van der Waals surface area contributed by atoms with Crippen molar-refractivity contribution in [3.8, 4) is 11.1 Å². The van der Waals surface area contributed by atoms with Crippen molar-refractivity contribution in [1.29, 1.82) is 0 Å². The molecule has 5 nitrogen and oxygen atoms in total. The van der Waals surface area contributed by atoms with E-state index in [1.54, 1.807) is 0 Å². The average molecular weight is 476 g/mol. The molecule has 5 rings (SSSR count). The highest BCUT2D eigenvalue weighted by Crippen LogP contribution is 2.31. The predicted octanol–water partition coefficient (Wildman–Crippen LogP) is 5.82. The van der Waals surface area contributed by atoms with Gasteiger partial charge in [-0.15, -0.1) is 12.4 Å². The largest absolute Gasteiger partial charge is 0.325 e. The maximum absolute atomic E-state index is 13.2. The molecule has 0 radical (unpaired) electrons. The normalized spacial score (nSPS) is 15.3. The average Bonchev–Trinajstić information content (AvgIpc) is 3.21. The highest BCUT2D eigenvalue weighted by Gasteiger charge is 2.21.